The summed E-state index contributed by atoms with van der Waals surface area (Å²) in [5.41, 5.74) is -8.49. The largest absolute Gasteiger partial charge is 0.459 e. The molecule has 10 atom stereocenters. The number of carbonyl (C=O) groups is 8. The van der Waals surface area contributed by atoms with Gasteiger partial charge in [0.2, 0.25) is 0 Å². The summed E-state index contributed by atoms with van der Waals surface area (Å²) in [6, 6.07) is 0. The van der Waals surface area contributed by atoms with Gasteiger partial charge in [-0.15, -0.1) is 0 Å². The van der Waals surface area contributed by atoms with Crippen LogP contribution < -0.4 is 0 Å². The van der Waals surface area contributed by atoms with E-state index in [2.05, 4.69) is 0 Å². The first kappa shape index (κ1) is 44.1. The van der Waals surface area contributed by atoms with Crippen molar-refractivity contribution in [3.8, 4) is 0 Å². The molecule has 10 unspecified atom stereocenters. The van der Waals surface area contributed by atoms with E-state index >= 15 is 0 Å². The van der Waals surface area contributed by atoms with Gasteiger partial charge in [-0.05, 0) is 6.92 Å². The van der Waals surface area contributed by atoms with Gasteiger partial charge in [-0.25, -0.2) is 0 Å². The van der Waals surface area contributed by atoms with Crippen LogP contribution >= 0.6 is 0 Å². The maximum absolute atomic E-state index is 15.0. The monoisotopic (exact) mass is 766 g/mol. The number of Topliss-reactive ketones (excluding diaryl/α,β-unsaturated/α-hetero) is 1. The Morgan fingerprint density at radius 3 is 1.80 bits per heavy atom. The summed E-state index contributed by atoms with van der Waals surface area (Å²) in [5.74, 6) is -12.1. The van der Waals surface area contributed by atoms with E-state index in [0.29, 0.717) is 0 Å². The van der Waals surface area contributed by atoms with Gasteiger partial charge in [0.05, 0.1) is 17.8 Å². The van der Waals surface area contributed by atoms with Crippen LogP contribution in [0.15, 0.2) is 12.2 Å². The molecule has 16 nitrogen and oxygen atoms in total. The average Bonchev–Trinajstić information content (AvgIpc) is 3.24. The number of esters is 7. The first-order chi connectivity index (χ1) is 24.7. The second-order valence-corrected chi connectivity index (χ2v) is 16.0. The summed E-state index contributed by atoms with van der Waals surface area (Å²) in [6.07, 6.45) is -8.00. The molecule has 0 bridgehead atoms. The number of ketones is 1. The van der Waals surface area contributed by atoms with E-state index in [0.717, 1.165) is 27.7 Å². The molecule has 0 aromatic carbocycles. The molecule has 2 fully saturated rings. The van der Waals surface area contributed by atoms with Gasteiger partial charge in [0.15, 0.2) is 41.4 Å². The molecule has 0 amide bonds. The Kier molecular flexibility index (Phi) is 13.2. The molecule has 0 radical (unpaired) electrons. The third kappa shape index (κ3) is 8.95. The predicted octanol–water partition coefficient (Wildman–Crippen LogP) is 2.87. The van der Waals surface area contributed by atoms with Crippen LogP contribution in [0.25, 0.3) is 0 Å². The summed E-state index contributed by atoms with van der Waals surface area (Å²) < 4.78 is 42.0. The lowest BCUT2D eigenvalue weighted by Crippen LogP contribution is -2.72. The standard InChI is InChI=1S/C38H54O16/c1-18(2)33(45)52-32-27(48-21(6)39)31(50-23(8)41)35(10,11)15-13-20(5)28(44)38(53-24(9)42)17-36(12,47)29(49-22(7)40)26(38)30-37(32,16-14-25(43)51-30)54-34(46)19(3)4/h13,15,18-20,26-27,29-32,47H,14,16-17H2,1-12H3. The highest BCUT2D eigenvalue weighted by molar-refractivity contribution is 5.94. The zero-order valence-corrected chi connectivity index (χ0v) is 33.0. The van der Waals surface area contributed by atoms with Crippen molar-refractivity contribution in [3.05, 3.63) is 12.2 Å². The molecule has 0 aromatic heterocycles. The SMILES string of the molecule is CC(=O)OC1C(OC(C)=O)C(C)(C)C=CC(C)C(=O)C2(OC(C)=O)CC(C)(O)C(OC(C)=O)C2C2OC(=O)CCC2(OC(=O)C(C)C)C1OC(=O)C(C)C. The second kappa shape index (κ2) is 16.2. The maximum Gasteiger partial charge on any atom is 0.309 e. The van der Waals surface area contributed by atoms with Gasteiger partial charge in [-0.1, -0.05) is 60.6 Å². The third-order valence-electron chi connectivity index (χ3n) is 10.0. The lowest BCUT2D eigenvalue weighted by atomic mass is 9.66. The number of ether oxygens (including phenoxy) is 7. The van der Waals surface area contributed by atoms with Crippen molar-refractivity contribution in [2.24, 2.45) is 29.1 Å². The van der Waals surface area contributed by atoms with Crippen LogP contribution in [0.1, 0.15) is 102 Å². The van der Waals surface area contributed by atoms with Crippen molar-refractivity contribution in [1.29, 1.82) is 0 Å². The Morgan fingerprint density at radius 2 is 1.30 bits per heavy atom. The van der Waals surface area contributed by atoms with Crippen LogP contribution in [0, 0.1) is 29.1 Å². The van der Waals surface area contributed by atoms with Gasteiger partial charge in [-0.3, -0.25) is 38.4 Å². The van der Waals surface area contributed by atoms with Crippen LogP contribution in [0.5, 0.6) is 0 Å². The number of carbonyl (C=O) groups excluding carboxylic acids is 8. The molecule has 0 aromatic rings. The number of fused-ring (bicyclic) bond motifs is 3. The molecule has 3 rings (SSSR count). The molecule has 1 saturated carbocycles. The Labute approximate surface area is 314 Å². The van der Waals surface area contributed by atoms with Crippen LogP contribution in [0.3, 0.4) is 0 Å². The fourth-order valence-corrected chi connectivity index (χ4v) is 7.68. The summed E-state index contributed by atoms with van der Waals surface area (Å²) >= 11 is 0. The highest BCUT2D eigenvalue weighted by Crippen LogP contribution is 2.56. The molecule has 3 aliphatic rings. The van der Waals surface area contributed by atoms with Crippen LogP contribution in [0.2, 0.25) is 0 Å². The van der Waals surface area contributed by atoms with Gasteiger partial charge in [0, 0.05) is 58.3 Å². The minimum atomic E-state index is -2.48. The van der Waals surface area contributed by atoms with E-state index in [-0.39, 0.29) is 0 Å². The first-order valence-corrected chi connectivity index (χ1v) is 18.0. The second-order valence-electron chi connectivity index (χ2n) is 16.0. The van der Waals surface area contributed by atoms with Gasteiger partial charge < -0.3 is 38.3 Å². The maximum atomic E-state index is 15.0. The van der Waals surface area contributed by atoms with E-state index in [1.165, 1.54) is 53.7 Å². The van der Waals surface area contributed by atoms with E-state index < -0.39 is 143 Å². The van der Waals surface area contributed by atoms with Crippen LogP contribution in [-0.4, -0.2) is 100.0 Å². The van der Waals surface area contributed by atoms with Crippen LogP contribution in [0.4, 0.5) is 0 Å². The number of allylic oxidation sites excluding steroid dienone is 1. The zero-order valence-electron chi connectivity index (χ0n) is 33.0. The normalized spacial score (nSPS) is 34.9. The summed E-state index contributed by atoms with van der Waals surface area (Å²) in [7, 11) is 0. The van der Waals surface area contributed by atoms with Gasteiger partial charge in [0.25, 0.3) is 0 Å². The van der Waals surface area contributed by atoms with E-state index in [1.807, 2.05) is 0 Å². The Balaban J connectivity index is 2.74. The number of aliphatic hydroxyl groups is 1. The van der Waals surface area contributed by atoms with Crippen molar-refractivity contribution in [1.82, 2.24) is 0 Å². The molecular formula is C38H54O16. The molecule has 302 valence electrons. The predicted molar refractivity (Wildman–Crippen MR) is 184 cm³/mol. The molecular weight excluding hydrogens is 712 g/mol. The van der Waals surface area contributed by atoms with Gasteiger partial charge in [-0.2, -0.15) is 0 Å². The molecule has 54 heavy (non-hydrogen) atoms. The minimum Gasteiger partial charge on any atom is -0.459 e. The molecule has 1 heterocycles. The van der Waals surface area contributed by atoms with Gasteiger partial charge in [0.1, 0.15) is 11.7 Å². The van der Waals surface area contributed by atoms with Crippen molar-refractivity contribution in [3.63, 3.8) is 0 Å². The smallest absolute Gasteiger partial charge is 0.309 e. The molecule has 16 heteroatoms. The number of hydrogen-bond acceptors (Lipinski definition) is 16. The molecule has 1 aliphatic heterocycles. The average molecular weight is 767 g/mol. The molecule has 1 N–H and O–H groups in total. The first-order valence-electron chi connectivity index (χ1n) is 18.0. The topological polar surface area (TPSA) is 221 Å². The molecule has 2 aliphatic carbocycles. The Hall–Kier alpha value is -4.34. The molecule has 0 spiro atoms. The fraction of sp³-hybridized carbons (Fsp3) is 0.737. The highest BCUT2D eigenvalue weighted by atomic mass is 16.7. The van der Waals surface area contributed by atoms with Crippen molar-refractivity contribution in [2.45, 2.75) is 150 Å². The molecule has 1 saturated heterocycles. The summed E-state index contributed by atoms with van der Waals surface area (Å²) in [4.78, 5) is 108. The lowest BCUT2D eigenvalue weighted by Gasteiger charge is -2.53. The van der Waals surface area contributed by atoms with Crippen molar-refractivity contribution >= 4 is 47.6 Å². The third-order valence-corrected chi connectivity index (χ3v) is 10.0. The van der Waals surface area contributed by atoms with Crippen LogP contribution in [-0.2, 0) is 71.5 Å². The van der Waals surface area contributed by atoms with E-state index in [4.69, 9.17) is 33.2 Å². The summed E-state index contributed by atoms with van der Waals surface area (Å²) in [5, 5.41) is 12.0. The van der Waals surface area contributed by atoms with Crippen molar-refractivity contribution in [2.75, 3.05) is 0 Å². The van der Waals surface area contributed by atoms with Gasteiger partial charge >= 0.3 is 41.8 Å². The zero-order chi connectivity index (χ0) is 41.3. The highest BCUT2D eigenvalue weighted by Gasteiger charge is 2.75. The quantitative estimate of drug-likeness (QED) is 0.213. The van der Waals surface area contributed by atoms with Crippen molar-refractivity contribution < 1.29 is 76.6 Å². The lowest BCUT2D eigenvalue weighted by molar-refractivity contribution is -0.274. The Morgan fingerprint density at radius 1 is 0.759 bits per heavy atom. The number of rotatable bonds is 8. The summed E-state index contributed by atoms with van der Waals surface area (Å²) in [6.45, 7) is 16.0. The minimum absolute atomic E-state index is 0.502. The van der Waals surface area contributed by atoms with E-state index in [1.54, 1.807) is 13.8 Å². The Bertz CT molecular complexity index is 1560. The fourth-order valence-electron chi connectivity index (χ4n) is 7.68. The van der Waals surface area contributed by atoms with E-state index in [9.17, 15) is 43.5 Å². The number of hydrogen-bond donors (Lipinski definition) is 1.